The molecule has 9 heteroatoms. The van der Waals surface area contributed by atoms with Gasteiger partial charge in [-0.05, 0) is 49.2 Å². The zero-order valence-electron chi connectivity index (χ0n) is 19.3. The van der Waals surface area contributed by atoms with Gasteiger partial charge in [0.1, 0.15) is 30.1 Å². The van der Waals surface area contributed by atoms with Crippen LogP contribution in [0.25, 0.3) is 0 Å². The highest BCUT2D eigenvalue weighted by Crippen LogP contribution is 2.43. The van der Waals surface area contributed by atoms with Crippen molar-refractivity contribution in [2.24, 2.45) is 0 Å². The number of piperidine rings is 1. The zero-order chi connectivity index (χ0) is 24.3. The van der Waals surface area contributed by atoms with Gasteiger partial charge in [0.2, 0.25) is 5.92 Å². The van der Waals surface area contributed by atoms with E-state index in [4.69, 9.17) is 14.2 Å². The first-order valence-corrected chi connectivity index (χ1v) is 11.3. The highest BCUT2D eigenvalue weighted by molar-refractivity contribution is 5.95. The van der Waals surface area contributed by atoms with Crippen LogP contribution in [-0.4, -0.2) is 56.4 Å². The van der Waals surface area contributed by atoms with Crippen molar-refractivity contribution in [1.29, 1.82) is 0 Å². The SMILES string of the molecule is COc1cc(C(=O)N2CC[C@]3(c4cccc(F)c4)OCO[C@@H]3C2)ccc1NCCCC(C)(F)F. The van der Waals surface area contributed by atoms with Gasteiger partial charge in [0, 0.05) is 31.5 Å². The first-order chi connectivity index (χ1) is 16.2. The number of likely N-dealkylation sites (tertiary alicyclic amines) is 1. The van der Waals surface area contributed by atoms with E-state index in [-0.39, 0.29) is 24.9 Å². The van der Waals surface area contributed by atoms with Gasteiger partial charge in [-0.1, -0.05) is 12.1 Å². The number of anilines is 1. The molecule has 184 valence electrons. The van der Waals surface area contributed by atoms with Crippen LogP contribution in [0, 0.1) is 5.82 Å². The maximum Gasteiger partial charge on any atom is 0.254 e. The van der Waals surface area contributed by atoms with Crippen LogP contribution in [0.4, 0.5) is 18.9 Å². The lowest BCUT2D eigenvalue weighted by molar-refractivity contribution is -0.0441. The molecule has 2 aromatic carbocycles. The van der Waals surface area contributed by atoms with Gasteiger partial charge >= 0.3 is 0 Å². The minimum Gasteiger partial charge on any atom is -0.495 e. The van der Waals surface area contributed by atoms with E-state index in [0.717, 1.165) is 6.92 Å². The average Bonchev–Trinajstić information content (AvgIpc) is 3.25. The summed E-state index contributed by atoms with van der Waals surface area (Å²) in [5, 5.41) is 3.09. The molecule has 2 saturated heterocycles. The second kappa shape index (κ2) is 9.84. The Morgan fingerprint density at radius 2 is 2.12 bits per heavy atom. The number of fused-ring (bicyclic) bond motifs is 1. The van der Waals surface area contributed by atoms with E-state index >= 15 is 0 Å². The standard InChI is InChI=1S/C25H29F3N2O4/c1-24(27,28)9-4-11-29-20-8-7-17(13-21(20)32-2)23(31)30-12-10-25(22(15-30)33-16-34-25)18-5-3-6-19(26)14-18/h3,5-8,13-14,22,29H,4,9-12,15-16H2,1-2H3/t22-,25-/m1/s1. The monoisotopic (exact) mass is 478 g/mol. The molecule has 0 radical (unpaired) electrons. The van der Waals surface area contributed by atoms with Crippen LogP contribution in [0.3, 0.4) is 0 Å². The Balaban J connectivity index is 1.43. The second-order valence-electron chi connectivity index (χ2n) is 8.83. The molecule has 6 nitrogen and oxygen atoms in total. The molecule has 1 amide bonds. The van der Waals surface area contributed by atoms with Crippen LogP contribution < -0.4 is 10.1 Å². The molecule has 0 aliphatic carbocycles. The number of hydrogen-bond acceptors (Lipinski definition) is 5. The summed E-state index contributed by atoms with van der Waals surface area (Å²) in [6.07, 6.45) is 0.160. The van der Waals surface area contributed by atoms with E-state index in [1.165, 1.54) is 19.2 Å². The molecular formula is C25H29F3N2O4. The second-order valence-corrected chi connectivity index (χ2v) is 8.83. The Morgan fingerprint density at radius 3 is 2.85 bits per heavy atom. The minimum atomic E-state index is -2.70. The van der Waals surface area contributed by atoms with E-state index in [0.29, 0.717) is 55.0 Å². The van der Waals surface area contributed by atoms with Crippen molar-refractivity contribution in [3.63, 3.8) is 0 Å². The lowest BCUT2D eigenvalue weighted by atomic mass is 9.82. The molecule has 0 unspecified atom stereocenters. The highest BCUT2D eigenvalue weighted by atomic mass is 19.3. The molecular weight excluding hydrogens is 449 g/mol. The Bertz CT molecular complexity index is 1030. The summed E-state index contributed by atoms with van der Waals surface area (Å²) >= 11 is 0. The van der Waals surface area contributed by atoms with E-state index < -0.39 is 17.6 Å². The van der Waals surface area contributed by atoms with Crippen molar-refractivity contribution in [3.05, 3.63) is 59.4 Å². The summed E-state index contributed by atoms with van der Waals surface area (Å²) in [5.41, 5.74) is 1.01. The fourth-order valence-electron chi connectivity index (χ4n) is 4.60. The van der Waals surface area contributed by atoms with Gasteiger partial charge in [0.05, 0.1) is 19.3 Å². The fourth-order valence-corrected chi connectivity index (χ4v) is 4.60. The Labute approximate surface area is 197 Å². The molecule has 0 spiro atoms. The number of nitrogens with one attached hydrogen (secondary N) is 1. The number of hydrogen-bond donors (Lipinski definition) is 1. The molecule has 1 N–H and O–H groups in total. The van der Waals surface area contributed by atoms with Crippen LogP contribution in [0.15, 0.2) is 42.5 Å². The maximum absolute atomic E-state index is 13.8. The topological polar surface area (TPSA) is 60.0 Å². The number of methoxy groups -OCH3 is 1. The number of alkyl halides is 2. The molecule has 2 atom stereocenters. The third kappa shape index (κ3) is 5.15. The molecule has 0 aromatic heterocycles. The molecule has 2 heterocycles. The van der Waals surface area contributed by atoms with Gasteiger partial charge < -0.3 is 24.4 Å². The number of amides is 1. The van der Waals surface area contributed by atoms with Crippen LogP contribution in [0.5, 0.6) is 5.75 Å². The van der Waals surface area contributed by atoms with E-state index in [9.17, 15) is 18.0 Å². The molecule has 0 saturated carbocycles. The first-order valence-electron chi connectivity index (χ1n) is 11.3. The van der Waals surface area contributed by atoms with Crippen LogP contribution in [-0.2, 0) is 15.1 Å². The number of ether oxygens (including phenoxy) is 3. The number of carbonyl (C=O) groups is 1. The van der Waals surface area contributed by atoms with E-state index in [2.05, 4.69) is 5.32 Å². The molecule has 2 aromatic rings. The number of benzene rings is 2. The Kier molecular flexibility index (Phi) is 7.04. The Hall–Kier alpha value is -2.78. The largest absolute Gasteiger partial charge is 0.495 e. The van der Waals surface area contributed by atoms with E-state index in [1.807, 2.05) is 6.07 Å². The summed E-state index contributed by atoms with van der Waals surface area (Å²) in [6.45, 7) is 2.08. The number of carbonyl (C=O) groups excluding carboxylic acids is 1. The summed E-state index contributed by atoms with van der Waals surface area (Å²) in [6, 6.07) is 11.3. The highest BCUT2D eigenvalue weighted by Gasteiger charge is 2.51. The minimum absolute atomic E-state index is 0.0847. The molecule has 4 rings (SSSR count). The molecule has 2 aliphatic rings. The smallest absolute Gasteiger partial charge is 0.254 e. The zero-order valence-corrected chi connectivity index (χ0v) is 19.3. The quantitative estimate of drug-likeness (QED) is 0.553. The predicted octanol–water partition coefficient (Wildman–Crippen LogP) is 4.80. The fraction of sp³-hybridized carbons (Fsp3) is 0.480. The summed E-state index contributed by atoms with van der Waals surface area (Å²) in [4.78, 5) is 14.9. The Morgan fingerprint density at radius 1 is 1.29 bits per heavy atom. The summed E-state index contributed by atoms with van der Waals surface area (Å²) in [7, 11) is 1.49. The molecule has 2 aliphatic heterocycles. The van der Waals surface area contributed by atoms with Crippen LogP contribution in [0.1, 0.15) is 42.1 Å². The van der Waals surface area contributed by atoms with Crippen LogP contribution >= 0.6 is 0 Å². The van der Waals surface area contributed by atoms with Gasteiger partial charge in [-0.2, -0.15) is 0 Å². The van der Waals surface area contributed by atoms with Gasteiger partial charge in [0.25, 0.3) is 5.91 Å². The van der Waals surface area contributed by atoms with Crippen molar-refractivity contribution < 1.29 is 32.2 Å². The lowest BCUT2D eigenvalue weighted by Crippen LogP contribution is -2.53. The first kappa shape index (κ1) is 24.3. The van der Waals surface area contributed by atoms with Crippen molar-refractivity contribution in [2.75, 3.05) is 38.9 Å². The molecule has 34 heavy (non-hydrogen) atoms. The number of rotatable bonds is 8. The van der Waals surface area contributed by atoms with Gasteiger partial charge in [-0.15, -0.1) is 0 Å². The van der Waals surface area contributed by atoms with Gasteiger partial charge in [-0.3, -0.25) is 4.79 Å². The van der Waals surface area contributed by atoms with Crippen molar-refractivity contribution in [1.82, 2.24) is 4.90 Å². The summed E-state index contributed by atoms with van der Waals surface area (Å²) in [5.74, 6) is -2.76. The normalized spacial score (nSPS) is 22.4. The average molecular weight is 479 g/mol. The van der Waals surface area contributed by atoms with Gasteiger partial charge in [0.15, 0.2) is 0 Å². The molecule has 0 bridgehead atoms. The third-order valence-corrected chi connectivity index (χ3v) is 6.40. The van der Waals surface area contributed by atoms with Gasteiger partial charge in [-0.25, -0.2) is 13.2 Å². The predicted molar refractivity (Wildman–Crippen MR) is 121 cm³/mol. The molecule has 2 fully saturated rings. The lowest BCUT2D eigenvalue weighted by Gasteiger charge is -2.42. The maximum atomic E-state index is 13.8. The van der Waals surface area contributed by atoms with E-state index in [1.54, 1.807) is 29.2 Å². The third-order valence-electron chi connectivity index (χ3n) is 6.40. The van der Waals surface area contributed by atoms with Crippen LogP contribution in [0.2, 0.25) is 0 Å². The van der Waals surface area contributed by atoms with Crippen molar-refractivity contribution in [2.45, 2.75) is 43.8 Å². The number of nitrogens with zero attached hydrogens (tertiary/aromatic N) is 1. The van der Waals surface area contributed by atoms with Crippen molar-refractivity contribution in [3.8, 4) is 5.75 Å². The van der Waals surface area contributed by atoms with Crippen molar-refractivity contribution >= 4 is 11.6 Å². The summed E-state index contributed by atoms with van der Waals surface area (Å²) < 4.78 is 57.0. The number of halogens is 3.